The van der Waals surface area contributed by atoms with Gasteiger partial charge in [-0.15, -0.1) is 11.8 Å². The molecule has 0 radical (unpaired) electrons. The van der Waals surface area contributed by atoms with Crippen LogP contribution in [0.4, 0.5) is 13.2 Å². The van der Waals surface area contributed by atoms with E-state index in [1.165, 1.54) is 28.5 Å². The summed E-state index contributed by atoms with van der Waals surface area (Å²) in [6.45, 7) is -0.741. The number of halogens is 3. The Morgan fingerprint density at radius 2 is 2.00 bits per heavy atom. The minimum absolute atomic E-state index is 0.00352. The second-order valence-electron chi connectivity index (χ2n) is 6.95. The molecular formula is C20H14F3N3O5S. The molecule has 0 saturated heterocycles. The number of carboxylic acids is 1. The van der Waals surface area contributed by atoms with Crippen LogP contribution >= 0.6 is 11.8 Å². The largest absolute Gasteiger partial charge is 0.506 e. The molecule has 3 aromatic rings. The molecule has 1 amide bonds. The molecule has 1 aromatic carbocycles. The zero-order valence-corrected chi connectivity index (χ0v) is 16.8. The van der Waals surface area contributed by atoms with E-state index in [0.717, 1.165) is 12.3 Å². The van der Waals surface area contributed by atoms with Crippen molar-refractivity contribution >= 4 is 34.5 Å². The molecule has 166 valence electrons. The molecule has 0 spiro atoms. The highest BCUT2D eigenvalue weighted by Crippen LogP contribution is 2.45. The molecular weight excluding hydrogens is 451 g/mol. The van der Waals surface area contributed by atoms with E-state index in [4.69, 9.17) is 5.11 Å². The van der Waals surface area contributed by atoms with Crippen molar-refractivity contribution in [1.82, 2.24) is 14.9 Å². The average Bonchev–Trinajstić information content (AvgIpc) is 2.75. The van der Waals surface area contributed by atoms with Crippen LogP contribution in [0.2, 0.25) is 0 Å². The van der Waals surface area contributed by atoms with Crippen LogP contribution in [0.5, 0.6) is 5.75 Å². The number of alkyl halides is 3. The normalized spacial score (nSPS) is 15.5. The van der Waals surface area contributed by atoms with Crippen molar-refractivity contribution in [3.63, 3.8) is 0 Å². The lowest BCUT2D eigenvalue weighted by Gasteiger charge is -2.27. The predicted molar refractivity (Wildman–Crippen MR) is 108 cm³/mol. The van der Waals surface area contributed by atoms with Gasteiger partial charge in [0, 0.05) is 23.0 Å². The Bertz CT molecular complexity index is 1310. The second-order valence-corrected chi connectivity index (χ2v) is 8.19. The summed E-state index contributed by atoms with van der Waals surface area (Å²) in [5.74, 6) is -2.94. The highest BCUT2D eigenvalue weighted by molar-refractivity contribution is 7.99. The van der Waals surface area contributed by atoms with Crippen molar-refractivity contribution in [2.45, 2.75) is 22.9 Å². The van der Waals surface area contributed by atoms with Crippen molar-refractivity contribution in [2.75, 3.05) is 6.54 Å². The lowest BCUT2D eigenvalue weighted by molar-refractivity contribution is -0.141. The smallest absolute Gasteiger partial charge is 0.433 e. The zero-order valence-electron chi connectivity index (χ0n) is 16.0. The number of carboxylic acid groups (broad SMARTS) is 1. The van der Waals surface area contributed by atoms with Gasteiger partial charge in [0.05, 0.1) is 10.8 Å². The van der Waals surface area contributed by atoms with Crippen molar-refractivity contribution in [1.29, 1.82) is 0 Å². The van der Waals surface area contributed by atoms with Gasteiger partial charge in [-0.2, -0.15) is 13.2 Å². The maximum absolute atomic E-state index is 13.1. The number of nitrogens with one attached hydrogen (secondary N) is 1. The maximum Gasteiger partial charge on any atom is 0.433 e. The average molecular weight is 465 g/mol. The minimum Gasteiger partial charge on any atom is -0.506 e. The number of nitrogens with zero attached hydrogens (tertiary/aromatic N) is 2. The maximum atomic E-state index is 13.1. The Balaban J connectivity index is 1.79. The number of rotatable bonds is 4. The number of hydrogen-bond acceptors (Lipinski definition) is 6. The first-order valence-corrected chi connectivity index (χ1v) is 10.0. The van der Waals surface area contributed by atoms with Crippen LogP contribution in [0.15, 0.2) is 46.2 Å². The molecule has 4 rings (SSSR count). The number of carbonyl (C=O) groups is 2. The summed E-state index contributed by atoms with van der Waals surface area (Å²) in [5.41, 5.74) is -1.65. The van der Waals surface area contributed by atoms with Gasteiger partial charge >= 0.3 is 12.1 Å². The lowest BCUT2D eigenvalue weighted by Crippen LogP contribution is -2.37. The van der Waals surface area contributed by atoms with Crippen LogP contribution in [-0.4, -0.2) is 38.2 Å². The van der Waals surface area contributed by atoms with Gasteiger partial charge in [0.25, 0.3) is 11.5 Å². The van der Waals surface area contributed by atoms with Crippen LogP contribution in [0.1, 0.15) is 26.9 Å². The van der Waals surface area contributed by atoms with Crippen molar-refractivity contribution < 1.29 is 33.0 Å². The molecule has 0 saturated carbocycles. The summed E-state index contributed by atoms with van der Waals surface area (Å²) in [6, 6.07) is 6.95. The summed E-state index contributed by atoms with van der Waals surface area (Å²) in [7, 11) is 0. The standard InChI is InChI=1S/C20H14F3N3O5S/c21-20(22,23)13-5-4-9(6-24-13)12-8-26-16-10(2-1-3-11(16)32-12)17(29)15(19(26)31)18(30)25-7-14(27)28/h1-6,12,29H,7-8H2,(H,25,30)(H,27,28). The van der Waals surface area contributed by atoms with E-state index in [0.29, 0.717) is 16.0 Å². The number of carbonyl (C=O) groups excluding carboxylic acids is 1. The molecule has 8 nitrogen and oxygen atoms in total. The Morgan fingerprint density at radius 1 is 1.25 bits per heavy atom. The molecule has 32 heavy (non-hydrogen) atoms. The minimum atomic E-state index is -4.58. The number of benzene rings is 1. The molecule has 3 N–H and O–H groups in total. The summed E-state index contributed by atoms with van der Waals surface area (Å²) >= 11 is 1.29. The van der Waals surface area contributed by atoms with E-state index >= 15 is 0 Å². The van der Waals surface area contributed by atoms with Gasteiger partial charge in [-0.1, -0.05) is 12.1 Å². The van der Waals surface area contributed by atoms with Crippen molar-refractivity contribution in [3.8, 4) is 5.75 Å². The van der Waals surface area contributed by atoms with Gasteiger partial charge in [0.1, 0.15) is 23.6 Å². The van der Waals surface area contributed by atoms with Crippen molar-refractivity contribution in [2.24, 2.45) is 0 Å². The second kappa shape index (κ2) is 7.86. The monoisotopic (exact) mass is 465 g/mol. The molecule has 1 aliphatic heterocycles. The van der Waals surface area contributed by atoms with Crippen LogP contribution in [0.25, 0.3) is 10.9 Å². The van der Waals surface area contributed by atoms with E-state index < -0.39 is 52.4 Å². The first-order valence-electron chi connectivity index (χ1n) is 9.16. The van der Waals surface area contributed by atoms with Gasteiger partial charge < -0.3 is 20.1 Å². The Morgan fingerprint density at radius 3 is 2.62 bits per heavy atom. The summed E-state index contributed by atoms with van der Waals surface area (Å²) in [6.07, 6.45) is -3.49. The molecule has 1 unspecified atom stereocenters. The molecule has 12 heteroatoms. The summed E-state index contributed by atoms with van der Waals surface area (Å²) in [5, 5.41) is 21.1. The highest BCUT2D eigenvalue weighted by atomic mass is 32.2. The van der Waals surface area contributed by atoms with Crippen LogP contribution in [0.3, 0.4) is 0 Å². The van der Waals surface area contributed by atoms with E-state index in [9.17, 15) is 32.7 Å². The highest BCUT2D eigenvalue weighted by Gasteiger charge is 2.33. The fourth-order valence-corrected chi connectivity index (χ4v) is 4.77. The van der Waals surface area contributed by atoms with Crippen LogP contribution < -0.4 is 10.9 Å². The third-order valence-electron chi connectivity index (χ3n) is 4.91. The van der Waals surface area contributed by atoms with Gasteiger partial charge in [-0.05, 0) is 23.8 Å². The number of aliphatic carboxylic acids is 1. The van der Waals surface area contributed by atoms with Gasteiger partial charge in [0.2, 0.25) is 0 Å². The van der Waals surface area contributed by atoms with E-state index in [1.54, 1.807) is 12.1 Å². The number of aromatic hydroxyl groups is 1. The Labute approximate surface area is 181 Å². The molecule has 0 bridgehead atoms. The van der Waals surface area contributed by atoms with E-state index in [-0.39, 0.29) is 11.9 Å². The molecule has 2 aromatic heterocycles. The number of para-hydroxylation sites is 1. The summed E-state index contributed by atoms with van der Waals surface area (Å²) < 4.78 is 39.7. The van der Waals surface area contributed by atoms with Crippen LogP contribution in [0, 0.1) is 0 Å². The Kier molecular flexibility index (Phi) is 5.33. The number of pyridine rings is 2. The van der Waals surface area contributed by atoms with Gasteiger partial charge in [-0.25, -0.2) is 0 Å². The first-order chi connectivity index (χ1) is 15.1. The van der Waals surface area contributed by atoms with E-state index in [2.05, 4.69) is 10.3 Å². The number of amides is 1. The molecule has 1 aliphatic rings. The number of hydrogen-bond donors (Lipinski definition) is 3. The zero-order chi connectivity index (χ0) is 23.2. The quantitative estimate of drug-likeness (QED) is 0.542. The summed E-state index contributed by atoms with van der Waals surface area (Å²) in [4.78, 5) is 40.3. The third kappa shape index (κ3) is 3.77. The fourth-order valence-electron chi connectivity index (χ4n) is 3.48. The lowest BCUT2D eigenvalue weighted by atomic mass is 10.1. The van der Waals surface area contributed by atoms with Gasteiger partial charge in [0.15, 0.2) is 0 Å². The molecule has 1 atom stereocenters. The Hall–Kier alpha value is -3.54. The topological polar surface area (TPSA) is 122 Å². The third-order valence-corrected chi connectivity index (χ3v) is 6.20. The van der Waals surface area contributed by atoms with Crippen molar-refractivity contribution in [3.05, 3.63) is 63.7 Å². The predicted octanol–water partition coefficient (Wildman–Crippen LogP) is 2.78. The van der Waals surface area contributed by atoms with Gasteiger partial charge in [-0.3, -0.25) is 19.4 Å². The molecule has 3 heterocycles. The number of aromatic nitrogens is 2. The van der Waals surface area contributed by atoms with Crippen LogP contribution in [-0.2, 0) is 17.5 Å². The molecule has 0 fully saturated rings. The van der Waals surface area contributed by atoms with E-state index in [1.807, 2.05) is 0 Å². The first kappa shape index (κ1) is 21.7. The number of thioether (sulfide) groups is 1. The SMILES string of the molecule is O=C(O)CNC(=O)c1c(O)c2cccc3c2n(c1=O)CC(c1ccc(C(F)(F)F)nc1)S3. The fraction of sp³-hybridized carbons (Fsp3) is 0.200. The molecule has 0 aliphatic carbocycles.